The third kappa shape index (κ3) is 2.54. The first-order valence-corrected chi connectivity index (χ1v) is 8.33. The number of thiazole rings is 2. The maximum absolute atomic E-state index is 4.92. The van der Waals surface area contributed by atoms with Gasteiger partial charge in [0.2, 0.25) is 0 Å². The predicted molar refractivity (Wildman–Crippen MR) is 83.4 cm³/mol. The Kier molecular flexibility index (Phi) is 3.14. The van der Waals surface area contributed by atoms with E-state index in [1.54, 1.807) is 11.3 Å². The molecule has 102 valence electrons. The normalized spacial score (nSPS) is 15.8. The molecule has 0 atom stereocenters. The highest BCUT2D eigenvalue weighted by molar-refractivity contribution is 7.17. The topological polar surface area (TPSA) is 37.8 Å². The van der Waals surface area contributed by atoms with Gasteiger partial charge in [-0.15, -0.1) is 22.7 Å². The minimum absolute atomic E-state index is 0.119. The van der Waals surface area contributed by atoms with Crippen LogP contribution in [-0.4, -0.2) is 17.0 Å². The highest BCUT2D eigenvalue weighted by Gasteiger charge is 2.32. The summed E-state index contributed by atoms with van der Waals surface area (Å²) < 4.78 is 0. The van der Waals surface area contributed by atoms with E-state index in [-0.39, 0.29) is 5.41 Å². The average molecular weight is 293 g/mol. The van der Waals surface area contributed by atoms with Crippen LogP contribution in [0.15, 0.2) is 5.38 Å². The predicted octanol–water partition coefficient (Wildman–Crippen LogP) is 4.48. The summed E-state index contributed by atoms with van der Waals surface area (Å²) in [5, 5.41) is 7.45. The fourth-order valence-corrected chi connectivity index (χ4v) is 3.87. The Morgan fingerprint density at radius 3 is 2.53 bits per heavy atom. The molecule has 1 aliphatic rings. The van der Waals surface area contributed by atoms with Gasteiger partial charge in [0.15, 0.2) is 5.13 Å². The van der Waals surface area contributed by atoms with Gasteiger partial charge in [0.25, 0.3) is 0 Å². The third-order valence-electron chi connectivity index (χ3n) is 3.21. The number of hydrogen-bond acceptors (Lipinski definition) is 5. The molecule has 0 saturated heterocycles. The van der Waals surface area contributed by atoms with Crippen LogP contribution >= 0.6 is 22.7 Å². The molecule has 5 heteroatoms. The summed E-state index contributed by atoms with van der Waals surface area (Å²) in [7, 11) is 1.91. The molecule has 0 radical (unpaired) electrons. The average Bonchev–Trinajstić information content (AvgIpc) is 2.93. The van der Waals surface area contributed by atoms with Crippen molar-refractivity contribution in [2.45, 2.75) is 44.9 Å². The van der Waals surface area contributed by atoms with Crippen molar-refractivity contribution in [1.82, 2.24) is 9.97 Å². The lowest BCUT2D eigenvalue weighted by molar-refractivity contribution is 0.583. The minimum Gasteiger partial charge on any atom is -0.365 e. The van der Waals surface area contributed by atoms with Gasteiger partial charge in [-0.2, -0.15) is 0 Å². The van der Waals surface area contributed by atoms with E-state index in [1.165, 1.54) is 28.4 Å². The van der Waals surface area contributed by atoms with E-state index in [4.69, 9.17) is 4.98 Å². The Labute approximate surface area is 122 Å². The smallest absolute Gasteiger partial charge is 0.182 e. The largest absolute Gasteiger partial charge is 0.365 e. The van der Waals surface area contributed by atoms with E-state index in [0.717, 1.165) is 10.8 Å². The zero-order valence-corrected chi connectivity index (χ0v) is 13.4. The number of rotatable bonds is 3. The molecule has 2 aromatic heterocycles. The third-order valence-corrected chi connectivity index (χ3v) is 5.59. The lowest BCUT2D eigenvalue weighted by Gasteiger charge is -2.13. The van der Waals surface area contributed by atoms with Gasteiger partial charge in [0.05, 0.1) is 21.3 Å². The van der Waals surface area contributed by atoms with Crippen LogP contribution in [0.2, 0.25) is 0 Å². The van der Waals surface area contributed by atoms with Crippen molar-refractivity contribution in [1.29, 1.82) is 0 Å². The van der Waals surface area contributed by atoms with Crippen molar-refractivity contribution in [2.24, 2.45) is 0 Å². The molecule has 2 aromatic rings. The summed E-state index contributed by atoms with van der Waals surface area (Å²) in [6.45, 7) is 6.69. The number of nitrogens with zero attached hydrogens (tertiary/aromatic N) is 2. The van der Waals surface area contributed by atoms with Gasteiger partial charge >= 0.3 is 0 Å². The molecule has 1 fully saturated rings. The van der Waals surface area contributed by atoms with E-state index in [2.05, 4.69) is 36.5 Å². The van der Waals surface area contributed by atoms with Crippen LogP contribution in [-0.2, 0) is 5.41 Å². The Bertz CT molecular complexity index is 588. The Morgan fingerprint density at radius 1 is 1.26 bits per heavy atom. The summed E-state index contributed by atoms with van der Waals surface area (Å²) in [4.78, 5) is 10.8. The number of nitrogens with one attached hydrogen (secondary N) is 1. The number of anilines is 1. The molecule has 2 heterocycles. The van der Waals surface area contributed by atoms with Crippen LogP contribution in [0.1, 0.15) is 50.2 Å². The van der Waals surface area contributed by atoms with Gasteiger partial charge in [-0.05, 0) is 12.8 Å². The van der Waals surface area contributed by atoms with Crippen molar-refractivity contribution >= 4 is 27.8 Å². The molecule has 0 spiro atoms. The van der Waals surface area contributed by atoms with Gasteiger partial charge in [-0.3, -0.25) is 0 Å². The first kappa shape index (κ1) is 13.1. The first-order valence-electron chi connectivity index (χ1n) is 6.64. The van der Waals surface area contributed by atoms with Crippen molar-refractivity contribution in [3.05, 3.63) is 16.1 Å². The summed E-state index contributed by atoms with van der Waals surface area (Å²) in [6, 6.07) is 0. The Hall–Kier alpha value is -0.940. The molecule has 0 unspecified atom stereocenters. The van der Waals surface area contributed by atoms with E-state index < -0.39 is 0 Å². The zero-order chi connectivity index (χ0) is 13.6. The summed E-state index contributed by atoms with van der Waals surface area (Å²) in [5.74, 6) is 0.669. The van der Waals surface area contributed by atoms with E-state index >= 15 is 0 Å². The SMILES string of the molecule is CNc1nc(-c2sc(C(C)(C)C)nc2C2CC2)cs1. The highest BCUT2D eigenvalue weighted by atomic mass is 32.1. The van der Waals surface area contributed by atoms with E-state index in [0.29, 0.717) is 5.92 Å². The van der Waals surface area contributed by atoms with Crippen LogP contribution in [0.3, 0.4) is 0 Å². The van der Waals surface area contributed by atoms with Crippen LogP contribution in [0.25, 0.3) is 10.6 Å². The van der Waals surface area contributed by atoms with Crippen molar-refractivity contribution in [3.8, 4) is 10.6 Å². The maximum Gasteiger partial charge on any atom is 0.182 e. The van der Waals surface area contributed by atoms with Gasteiger partial charge < -0.3 is 5.32 Å². The first-order chi connectivity index (χ1) is 8.99. The van der Waals surface area contributed by atoms with Crippen LogP contribution in [0.5, 0.6) is 0 Å². The molecular weight excluding hydrogens is 274 g/mol. The second-order valence-electron chi connectivity index (χ2n) is 6.05. The van der Waals surface area contributed by atoms with Crippen LogP contribution in [0, 0.1) is 0 Å². The molecule has 1 aliphatic carbocycles. The number of hydrogen-bond donors (Lipinski definition) is 1. The van der Waals surface area contributed by atoms with Gasteiger partial charge in [0.1, 0.15) is 0 Å². The molecule has 0 aliphatic heterocycles. The standard InChI is InChI=1S/C14H19N3S2/c1-14(2,3)12-17-10(8-5-6-8)11(19-12)9-7-18-13(15-4)16-9/h7-8H,5-6H2,1-4H3,(H,15,16). The quantitative estimate of drug-likeness (QED) is 0.906. The molecule has 0 bridgehead atoms. The molecule has 0 aromatic carbocycles. The summed E-state index contributed by atoms with van der Waals surface area (Å²) >= 11 is 3.48. The monoisotopic (exact) mass is 293 g/mol. The van der Waals surface area contributed by atoms with E-state index in [1.807, 2.05) is 18.4 Å². The molecule has 19 heavy (non-hydrogen) atoms. The summed E-state index contributed by atoms with van der Waals surface area (Å²) in [5.41, 5.74) is 2.49. The van der Waals surface area contributed by atoms with Crippen molar-refractivity contribution in [3.63, 3.8) is 0 Å². The molecule has 1 saturated carbocycles. The van der Waals surface area contributed by atoms with Gasteiger partial charge in [-0.1, -0.05) is 20.8 Å². The van der Waals surface area contributed by atoms with Crippen molar-refractivity contribution < 1.29 is 0 Å². The molecule has 3 rings (SSSR count). The minimum atomic E-state index is 0.119. The van der Waals surface area contributed by atoms with Crippen LogP contribution in [0.4, 0.5) is 5.13 Å². The molecule has 1 N–H and O–H groups in total. The molecule has 0 amide bonds. The second kappa shape index (κ2) is 4.56. The van der Waals surface area contributed by atoms with Crippen LogP contribution < -0.4 is 5.32 Å². The van der Waals surface area contributed by atoms with Gasteiger partial charge in [0, 0.05) is 23.8 Å². The maximum atomic E-state index is 4.92. The van der Waals surface area contributed by atoms with E-state index in [9.17, 15) is 0 Å². The summed E-state index contributed by atoms with van der Waals surface area (Å²) in [6.07, 6.45) is 2.56. The fourth-order valence-electron chi connectivity index (χ4n) is 1.96. The zero-order valence-electron chi connectivity index (χ0n) is 11.8. The number of aromatic nitrogens is 2. The molecule has 3 nitrogen and oxygen atoms in total. The molecular formula is C14H19N3S2. The Balaban J connectivity index is 2.06. The Morgan fingerprint density at radius 2 is 2.00 bits per heavy atom. The van der Waals surface area contributed by atoms with Gasteiger partial charge in [-0.25, -0.2) is 9.97 Å². The lowest BCUT2D eigenvalue weighted by Crippen LogP contribution is -2.10. The van der Waals surface area contributed by atoms with Crippen molar-refractivity contribution in [2.75, 3.05) is 12.4 Å². The lowest BCUT2D eigenvalue weighted by atomic mass is 9.98. The second-order valence-corrected chi connectivity index (χ2v) is 7.90. The highest BCUT2D eigenvalue weighted by Crippen LogP contribution is 2.47. The fraction of sp³-hybridized carbons (Fsp3) is 0.571.